The molecule has 0 bridgehead atoms. The highest BCUT2D eigenvalue weighted by Crippen LogP contribution is 2.33. The van der Waals surface area contributed by atoms with E-state index < -0.39 is 15.3 Å². The van der Waals surface area contributed by atoms with Gasteiger partial charge in [-0.05, 0) is 31.7 Å². The fraction of sp³-hybridized carbons (Fsp3) is 0.684. The van der Waals surface area contributed by atoms with Gasteiger partial charge in [0.2, 0.25) is 0 Å². The van der Waals surface area contributed by atoms with Gasteiger partial charge in [-0.15, -0.1) is 0 Å². The van der Waals surface area contributed by atoms with Crippen molar-refractivity contribution in [2.24, 2.45) is 10.3 Å². The highest BCUT2D eigenvalue weighted by atomic mass is 32.2. The molecular weight excluding hydrogens is 368 g/mol. The van der Waals surface area contributed by atoms with Crippen LogP contribution in [-0.4, -0.2) is 57.7 Å². The van der Waals surface area contributed by atoms with Gasteiger partial charge in [0.25, 0.3) is 11.8 Å². The lowest BCUT2D eigenvalue weighted by Crippen LogP contribution is -2.56. The number of carbonyl (C=O) groups excluding carboxylic acids is 2. The Bertz CT molecular complexity index is 821. The Hall–Kier alpha value is -1.67. The lowest BCUT2D eigenvalue weighted by atomic mass is 9.94. The third kappa shape index (κ3) is 4.60. The van der Waals surface area contributed by atoms with E-state index in [0.29, 0.717) is 61.8 Å². The molecule has 0 unspecified atom stereocenters. The molecule has 3 heterocycles. The molecule has 27 heavy (non-hydrogen) atoms. The van der Waals surface area contributed by atoms with Crippen molar-refractivity contribution in [2.45, 2.75) is 45.6 Å². The summed E-state index contributed by atoms with van der Waals surface area (Å²) in [5.41, 5.74) is 0.0734. The molecule has 2 amide bonds. The molecule has 3 rings (SSSR count). The maximum atomic E-state index is 12.9. The van der Waals surface area contributed by atoms with Crippen LogP contribution in [0.15, 0.2) is 21.1 Å². The fourth-order valence-corrected chi connectivity index (χ4v) is 5.89. The molecule has 0 N–H and O–H groups in total. The summed E-state index contributed by atoms with van der Waals surface area (Å²) in [5, 5.41) is 0. The first-order valence-corrected chi connectivity index (χ1v) is 11.3. The second-order valence-electron chi connectivity index (χ2n) is 7.91. The molecule has 1 aromatic heterocycles. The standard InChI is InChI=1S/C19H28N2O5S/c1-14(2)12-17(22)20-27(24)10-5-19(6-11-27)13-21(7-9-26-19)18(23)16-4-8-25-15(16)3/h4,8,14H,5-7,9-13H2,1-3H3. The Labute approximate surface area is 160 Å². The van der Waals surface area contributed by atoms with Crippen LogP contribution in [0.4, 0.5) is 0 Å². The molecule has 1 spiro atoms. The molecule has 0 aromatic carbocycles. The molecule has 8 heteroatoms. The zero-order valence-electron chi connectivity index (χ0n) is 16.2. The Morgan fingerprint density at radius 3 is 2.63 bits per heavy atom. The molecule has 2 fully saturated rings. The van der Waals surface area contributed by atoms with Crippen molar-refractivity contribution < 1.29 is 23.0 Å². The first kappa shape index (κ1) is 20.1. The predicted octanol–water partition coefficient (Wildman–Crippen LogP) is 2.63. The van der Waals surface area contributed by atoms with Gasteiger partial charge in [0.1, 0.15) is 5.76 Å². The minimum absolute atomic E-state index is 0.0629. The maximum absolute atomic E-state index is 12.9. The van der Waals surface area contributed by atoms with Crippen LogP contribution in [0, 0.1) is 12.8 Å². The smallest absolute Gasteiger partial charge is 0.257 e. The molecule has 150 valence electrons. The second kappa shape index (κ2) is 7.75. The number of hydrogen-bond donors (Lipinski definition) is 0. The van der Waals surface area contributed by atoms with Crippen LogP contribution in [0.25, 0.3) is 0 Å². The predicted molar refractivity (Wildman–Crippen MR) is 102 cm³/mol. The Morgan fingerprint density at radius 2 is 2.04 bits per heavy atom. The number of aryl methyl sites for hydroxylation is 1. The monoisotopic (exact) mass is 396 g/mol. The minimum atomic E-state index is -2.52. The number of amides is 2. The average Bonchev–Trinajstić information content (AvgIpc) is 3.03. The zero-order valence-corrected chi connectivity index (χ0v) is 17.0. The van der Waals surface area contributed by atoms with Gasteiger partial charge in [0.05, 0.1) is 40.3 Å². The van der Waals surface area contributed by atoms with Gasteiger partial charge >= 0.3 is 0 Å². The highest BCUT2D eigenvalue weighted by molar-refractivity contribution is 7.93. The summed E-state index contributed by atoms with van der Waals surface area (Å²) in [6, 6.07) is 1.69. The number of furan rings is 1. The van der Waals surface area contributed by atoms with Gasteiger partial charge in [-0.3, -0.25) is 9.59 Å². The molecular formula is C19H28N2O5S. The molecule has 0 saturated carbocycles. The first-order valence-electron chi connectivity index (χ1n) is 9.45. The van der Waals surface area contributed by atoms with Crippen LogP contribution < -0.4 is 0 Å². The summed E-state index contributed by atoms with van der Waals surface area (Å²) >= 11 is 0. The van der Waals surface area contributed by atoms with Crippen LogP contribution in [0.5, 0.6) is 0 Å². The van der Waals surface area contributed by atoms with Crippen LogP contribution in [0.1, 0.15) is 49.2 Å². The average molecular weight is 397 g/mol. The van der Waals surface area contributed by atoms with Crippen molar-refractivity contribution in [3.63, 3.8) is 0 Å². The van der Waals surface area contributed by atoms with Gasteiger partial charge in [-0.1, -0.05) is 13.8 Å². The van der Waals surface area contributed by atoms with Crippen molar-refractivity contribution in [2.75, 3.05) is 31.2 Å². The first-order chi connectivity index (χ1) is 12.7. The number of ether oxygens (including phenoxy) is 1. The fourth-order valence-electron chi connectivity index (χ4n) is 3.68. The quantitative estimate of drug-likeness (QED) is 0.783. The Kier molecular flexibility index (Phi) is 5.76. The topological polar surface area (TPSA) is 89.2 Å². The van der Waals surface area contributed by atoms with Crippen molar-refractivity contribution in [1.82, 2.24) is 4.90 Å². The van der Waals surface area contributed by atoms with Crippen molar-refractivity contribution in [3.8, 4) is 0 Å². The van der Waals surface area contributed by atoms with Crippen molar-refractivity contribution in [1.29, 1.82) is 0 Å². The van der Waals surface area contributed by atoms with E-state index in [1.807, 2.05) is 13.8 Å². The third-order valence-electron chi connectivity index (χ3n) is 5.23. The van der Waals surface area contributed by atoms with E-state index in [1.54, 1.807) is 17.9 Å². The molecule has 0 radical (unpaired) electrons. The van der Waals surface area contributed by atoms with E-state index in [0.717, 1.165) is 0 Å². The van der Waals surface area contributed by atoms with E-state index in [2.05, 4.69) is 4.36 Å². The van der Waals surface area contributed by atoms with Crippen molar-refractivity contribution in [3.05, 3.63) is 23.7 Å². The Balaban J connectivity index is 1.67. The van der Waals surface area contributed by atoms with Crippen LogP contribution in [0.2, 0.25) is 0 Å². The largest absolute Gasteiger partial charge is 0.469 e. The van der Waals surface area contributed by atoms with Crippen LogP contribution >= 0.6 is 0 Å². The highest BCUT2D eigenvalue weighted by Gasteiger charge is 2.42. The third-order valence-corrected chi connectivity index (χ3v) is 7.45. The van der Waals surface area contributed by atoms with Gasteiger partial charge in [-0.25, -0.2) is 4.21 Å². The van der Waals surface area contributed by atoms with E-state index in [4.69, 9.17) is 9.15 Å². The zero-order chi connectivity index (χ0) is 19.7. The molecule has 2 aliphatic rings. The van der Waals surface area contributed by atoms with E-state index in [-0.39, 0.29) is 17.7 Å². The summed E-state index contributed by atoms with van der Waals surface area (Å²) < 4.78 is 28.2. The van der Waals surface area contributed by atoms with E-state index >= 15 is 0 Å². The molecule has 0 atom stereocenters. The number of morpholine rings is 1. The van der Waals surface area contributed by atoms with Gasteiger partial charge in [0, 0.05) is 24.5 Å². The summed E-state index contributed by atoms with van der Waals surface area (Å²) in [6.07, 6.45) is 2.92. The molecule has 2 saturated heterocycles. The van der Waals surface area contributed by atoms with Crippen LogP contribution in [0.3, 0.4) is 0 Å². The van der Waals surface area contributed by atoms with Gasteiger partial charge < -0.3 is 14.1 Å². The lowest BCUT2D eigenvalue weighted by molar-refractivity contribution is -0.118. The maximum Gasteiger partial charge on any atom is 0.257 e. The number of hydrogen-bond acceptors (Lipinski definition) is 5. The van der Waals surface area contributed by atoms with Gasteiger partial charge in [0.15, 0.2) is 0 Å². The second-order valence-corrected chi connectivity index (χ2v) is 10.5. The number of rotatable bonds is 3. The molecule has 1 aromatic rings. The summed E-state index contributed by atoms with van der Waals surface area (Å²) in [5.74, 6) is 1.14. The van der Waals surface area contributed by atoms with Gasteiger partial charge in [-0.2, -0.15) is 4.36 Å². The summed E-state index contributed by atoms with van der Waals surface area (Å²) in [4.78, 5) is 26.5. The molecule has 0 aliphatic carbocycles. The summed E-state index contributed by atoms with van der Waals surface area (Å²) in [7, 11) is -2.52. The lowest BCUT2D eigenvalue weighted by Gasteiger charge is -2.45. The number of nitrogens with zero attached hydrogens (tertiary/aromatic N) is 2. The summed E-state index contributed by atoms with van der Waals surface area (Å²) in [6.45, 7) is 7.10. The Morgan fingerprint density at radius 1 is 1.33 bits per heavy atom. The normalized spacial score (nSPS) is 28.5. The molecule has 7 nitrogen and oxygen atoms in total. The van der Waals surface area contributed by atoms with Crippen LogP contribution in [-0.2, 0) is 19.3 Å². The van der Waals surface area contributed by atoms with Crippen molar-refractivity contribution >= 4 is 21.5 Å². The van der Waals surface area contributed by atoms with E-state index in [1.165, 1.54) is 6.26 Å². The number of carbonyl (C=O) groups is 2. The molecule has 2 aliphatic heterocycles. The minimum Gasteiger partial charge on any atom is -0.469 e. The SMILES string of the molecule is Cc1occc1C(=O)N1CCOC2(CCS(=O)(=NC(=O)CC(C)C)CC2)C1. The van der Waals surface area contributed by atoms with E-state index in [9.17, 15) is 13.8 Å².